The molecule has 0 bridgehead atoms. The Hall–Kier alpha value is -3.74. The minimum atomic E-state index is -0.505. The summed E-state index contributed by atoms with van der Waals surface area (Å²) in [5.74, 6) is 0.482. The van der Waals surface area contributed by atoms with E-state index in [-0.39, 0.29) is 24.0 Å². The number of aromatic nitrogens is 1. The van der Waals surface area contributed by atoms with Crippen LogP contribution in [-0.4, -0.2) is 22.4 Å². The van der Waals surface area contributed by atoms with Crippen LogP contribution in [0.1, 0.15) is 18.1 Å². The molecule has 3 rings (SSSR count). The summed E-state index contributed by atoms with van der Waals surface area (Å²) in [6, 6.07) is 19.2. The molecule has 7 heteroatoms. The van der Waals surface area contributed by atoms with Gasteiger partial charge in [0.25, 0.3) is 11.6 Å². The lowest BCUT2D eigenvalue weighted by molar-refractivity contribution is -0.384. The molecule has 7 nitrogen and oxygen atoms in total. The molecule has 148 valence electrons. The first-order chi connectivity index (χ1) is 14.1. The van der Waals surface area contributed by atoms with Crippen molar-refractivity contribution in [1.82, 2.24) is 4.98 Å². The van der Waals surface area contributed by atoms with E-state index in [1.807, 2.05) is 30.3 Å². The number of ether oxygens (including phenoxy) is 1. The van der Waals surface area contributed by atoms with Gasteiger partial charge in [0.2, 0.25) is 0 Å². The molecule has 2 aromatic carbocycles. The van der Waals surface area contributed by atoms with E-state index in [4.69, 9.17) is 4.74 Å². The maximum absolute atomic E-state index is 12.9. The van der Waals surface area contributed by atoms with Gasteiger partial charge in [-0.1, -0.05) is 43.3 Å². The summed E-state index contributed by atoms with van der Waals surface area (Å²) in [5.41, 5.74) is 2.10. The van der Waals surface area contributed by atoms with Gasteiger partial charge in [-0.3, -0.25) is 19.8 Å². The quantitative estimate of drug-likeness (QED) is 0.425. The van der Waals surface area contributed by atoms with Crippen molar-refractivity contribution >= 4 is 17.4 Å². The molecule has 1 heterocycles. The number of aryl methyl sites for hydroxylation is 1. The average molecular weight is 391 g/mol. The second-order valence-corrected chi connectivity index (χ2v) is 6.38. The minimum Gasteiger partial charge on any atom is -0.483 e. The monoisotopic (exact) mass is 391 g/mol. The molecule has 1 amide bonds. The van der Waals surface area contributed by atoms with Crippen LogP contribution < -0.4 is 9.64 Å². The van der Waals surface area contributed by atoms with E-state index in [1.165, 1.54) is 28.7 Å². The maximum Gasteiger partial charge on any atom is 0.273 e. The Balaban J connectivity index is 1.75. The average Bonchev–Trinajstić information content (AvgIpc) is 2.77. The standard InChI is InChI=1S/C22H21N3O4/c1-2-17-9-11-18(12-10-17)15-24(21-8-3-4-13-23-21)22(26)16-29-20-7-5-6-19(14-20)25(27)28/h3-14H,2,15-16H2,1H3. The number of carbonyl (C=O) groups excluding carboxylic acids is 1. The van der Waals surface area contributed by atoms with Crippen molar-refractivity contribution in [2.45, 2.75) is 19.9 Å². The molecular formula is C22H21N3O4. The molecule has 0 saturated carbocycles. The van der Waals surface area contributed by atoms with Crippen LogP contribution >= 0.6 is 0 Å². The van der Waals surface area contributed by atoms with Crippen LogP contribution in [0.15, 0.2) is 72.9 Å². The van der Waals surface area contributed by atoms with Crippen LogP contribution in [0.3, 0.4) is 0 Å². The van der Waals surface area contributed by atoms with Crippen molar-refractivity contribution < 1.29 is 14.5 Å². The van der Waals surface area contributed by atoms with Crippen molar-refractivity contribution in [3.05, 3.63) is 94.2 Å². The van der Waals surface area contributed by atoms with Gasteiger partial charge in [0.1, 0.15) is 11.6 Å². The summed E-state index contributed by atoms with van der Waals surface area (Å²) >= 11 is 0. The molecule has 0 unspecified atom stereocenters. The summed E-state index contributed by atoms with van der Waals surface area (Å²) in [6.45, 7) is 2.17. The fourth-order valence-electron chi connectivity index (χ4n) is 2.78. The van der Waals surface area contributed by atoms with Crippen LogP contribution in [0.5, 0.6) is 5.75 Å². The summed E-state index contributed by atoms with van der Waals surface area (Å²) < 4.78 is 5.51. The molecule has 0 spiro atoms. The number of nitrogens with zero attached hydrogens (tertiary/aromatic N) is 3. The predicted molar refractivity (Wildman–Crippen MR) is 110 cm³/mol. The van der Waals surface area contributed by atoms with E-state index < -0.39 is 4.92 Å². The van der Waals surface area contributed by atoms with Crippen LogP contribution in [-0.2, 0) is 17.8 Å². The van der Waals surface area contributed by atoms with E-state index in [0.29, 0.717) is 12.4 Å². The molecular weight excluding hydrogens is 370 g/mol. The Labute approximate surface area is 168 Å². The van der Waals surface area contributed by atoms with Gasteiger partial charge in [-0.2, -0.15) is 0 Å². The Kier molecular flexibility index (Phi) is 6.52. The zero-order chi connectivity index (χ0) is 20.6. The first-order valence-corrected chi connectivity index (χ1v) is 9.23. The number of benzene rings is 2. The molecule has 0 aliphatic rings. The lowest BCUT2D eigenvalue weighted by Gasteiger charge is -2.22. The van der Waals surface area contributed by atoms with Gasteiger partial charge in [0.05, 0.1) is 17.5 Å². The number of anilines is 1. The van der Waals surface area contributed by atoms with Crippen molar-refractivity contribution in [3.63, 3.8) is 0 Å². The van der Waals surface area contributed by atoms with Crippen molar-refractivity contribution in [2.75, 3.05) is 11.5 Å². The largest absolute Gasteiger partial charge is 0.483 e. The molecule has 0 atom stereocenters. The first kappa shape index (κ1) is 20.0. The summed E-state index contributed by atoms with van der Waals surface area (Å²) in [7, 11) is 0. The van der Waals surface area contributed by atoms with E-state index in [9.17, 15) is 14.9 Å². The summed E-state index contributed by atoms with van der Waals surface area (Å²) in [5, 5.41) is 10.9. The Bertz CT molecular complexity index is 975. The summed E-state index contributed by atoms with van der Waals surface area (Å²) in [4.78, 5) is 29.1. The molecule has 0 N–H and O–H groups in total. The predicted octanol–water partition coefficient (Wildman–Crippen LogP) is 4.16. The highest BCUT2D eigenvalue weighted by atomic mass is 16.6. The zero-order valence-electron chi connectivity index (χ0n) is 16.0. The second kappa shape index (κ2) is 9.45. The van der Waals surface area contributed by atoms with Crippen molar-refractivity contribution in [2.24, 2.45) is 0 Å². The van der Waals surface area contributed by atoms with Gasteiger partial charge in [0, 0.05) is 12.3 Å². The van der Waals surface area contributed by atoms with Crippen LogP contribution in [0, 0.1) is 10.1 Å². The third kappa shape index (κ3) is 5.38. The van der Waals surface area contributed by atoms with Crippen LogP contribution in [0.25, 0.3) is 0 Å². The molecule has 29 heavy (non-hydrogen) atoms. The number of nitro groups is 1. The second-order valence-electron chi connectivity index (χ2n) is 6.38. The maximum atomic E-state index is 12.9. The topological polar surface area (TPSA) is 85.6 Å². The SMILES string of the molecule is CCc1ccc(CN(C(=O)COc2cccc([N+](=O)[O-])c2)c2ccccn2)cc1. The number of carbonyl (C=O) groups is 1. The van der Waals surface area contributed by atoms with E-state index in [1.54, 1.807) is 24.4 Å². The molecule has 0 saturated heterocycles. The Morgan fingerprint density at radius 1 is 1.07 bits per heavy atom. The highest BCUT2D eigenvalue weighted by molar-refractivity contribution is 5.93. The molecule has 3 aromatic rings. The number of amides is 1. The molecule has 0 aliphatic carbocycles. The van der Waals surface area contributed by atoms with E-state index >= 15 is 0 Å². The van der Waals surface area contributed by atoms with Gasteiger partial charge < -0.3 is 4.74 Å². The van der Waals surface area contributed by atoms with Gasteiger partial charge in [-0.05, 0) is 35.7 Å². The third-order valence-corrected chi connectivity index (χ3v) is 4.39. The molecule has 0 fully saturated rings. The fourth-order valence-corrected chi connectivity index (χ4v) is 2.78. The lowest BCUT2D eigenvalue weighted by Crippen LogP contribution is -2.35. The highest BCUT2D eigenvalue weighted by Gasteiger charge is 2.18. The number of nitro benzene ring substituents is 1. The van der Waals surface area contributed by atoms with E-state index in [2.05, 4.69) is 11.9 Å². The Morgan fingerprint density at radius 2 is 1.83 bits per heavy atom. The normalized spacial score (nSPS) is 10.4. The minimum absolute atomic E-state index is 0.0902. The van der Waals surface area contributed by atoms with Gasteiger partial charge in [0.15, 0.2) is 6.61 Å². The van der Waals surface area contributed by atoms with Crippen LogP contribution in [0.2, 0.25) is 0 Å². The number of pyridine rings is 1. The van der Waals surface area contributed by atoms with E-state index in [0.717, 1.165) is 12.0 Å². The zero-order valence-corrected chi connectivity index (χ0v) is 16.0. The van der Waals surface area contributed by atoms with Gasteiger partial charge >= 0.3 is 0 Å². The van der Waals surface area contributed by atoms with Gasteiger partial charge in [-0.25, -0.2) is 4.98 Å². The highest BCUT2D eigenvalue weighted by Crippen LogP contribution is 2.20. The molecule has 0 aliphatic heterocycles. The van der Waals surface area contributed by atoms with Crippen molar-refractivity contribution in [3.8, 4) is 5.75 Å². The molecule has 0 radical (unpaired) electrons. The summed E-state index contributed by atoms with van der Waals surface area (Å²) in [6.07, 6.45) is 2.57. The lowest BCUT2D eigenvalue weighted by atomic mass is 10.1. The number of hydrogen-bond acceptors (Lipinski definition) is 5. The Morgan fingerprint density at radius 3 is 2.48 bits per heavy atom. The van der Waals surface area contributed by atoms with Gasteiger partial charge in [-0.15, -0.1) is 0 Å². The van der Waals surface area contributed by atoms with Crippen molar-refractivity contribution in [1.29, 1.82) is 0 Å². The number of rotatable bonds is 8. The number of hydrogen-bond donors (Lipinski definition) is 0. The molecule has 1 aromatic heterocycles. The van der Waals surface area contributed by atoms with Crippen LogP contribution in [0.4, 0.5) is 11.5 Å². The third-order valence-electron chi connectivity index (χ3n) is 4.39. The first-order valence-electron chi connectivity index (χ1n) is 9.23. The number of non-ortho nitro benzene ring substituents is 1. The fraction of sp³-hybridized carbons (Fsp3) is 0.182. The smallest absolute Gasteiger partial charge is 0.273 e.